The van der Waals surface area contributed by atoms with Crippen molar-refractivity contribution in [2.75, 3.05) is 13.1 Å². The van der Waals surface area contributed by atoms with Crippen molar-refractivity contribution in [2.24, 2.45) is 0 Å². The summed E-state index contributed by atoms with van der Waals surface area (Å²) in [6.45, 7) is 2.97. The highest BCUT2D eigenvalue weighted by Crippen LogP contribution is 2.23. The van der Waals surface area contributed by atoms with Gasteiger partial charge in [-0.25, -0.2) is 4.98 Å². The molecule has 0 atom stereocenters. The molecule has 1 aliphatic rings. The van der Waals surface area contributed by atoms with E-state index in [0.29, 0.717) is 31.6 Å². The van der Waals surface area contributed by atoms with Crippen LogP contribution in [0.3, 0.4) is 0 Å². The fourth-order valence-electron chi connectivity index (χ4n) is 2.60. The molecular formula is C16H19N3O2. The number of nitrogens with zero attached hydrogens (tertiary/aromatic N) is 3. The predicted molar refractivity (Wildman–Crippen MR) is 79.3 cm³/mol. The van der Waals surface area contributed by atoms with Crippen molar-refractivity contribution in [3.8, 4) is 5.69 Å². The molecular weight excluding hydrogens is 266 g/mol. The Labute approximate surface area is 123 Å². The minimum atomic E-state index is -0.656. The van der Waals surface area contributed by atoms with Crippen LogP contribution in [0.15, 0.2) is 42.9 Å². The molecule has 1 aromatic carbocycles. The van der Waals surface area contributed by atoms with Crippen LogP contribution in [0.25, 0.3) is 5.69 Å². The Bertz CT molecular complexity index is 624. The molecule has 110 valence electrons. The summed E-state index contributed by atoms with van der Waals surface area (Å²) in [5.41, 5.74) is 0.821. The molecule has 1 aliphatic heterocycles. The first-order valence-corrected chi connectivity index (χ1v) is 7.16. The second-order valence-corrected chi connectivity index (χ2v) is 5.77. The standard InChI is InChI=1S/C16H19N3O2/c1-16(21)7-9-18(10-8-16)15(20)14-11-17-12-19(14)13-5-3-2-4-6-13/h2-6,11-12,21H,7-10H2,1H3. The second-order valence-electron chi connectivity index (χ2n) is 5.77. The molecule has 1 aromatic heterocycles. The number of aromatic nitrogens is 2. The first-order chi connectivity index (χ1) is 10.1. The third kappa shape index (κ3) is 2.83. The summed E-state index contributed by atoms with van der Waals surface area (Å²) in [5.74, 6) is -0.0353. The lowest BCUT2D eigenvalue weighted by atomic mass is 9.94. The van der Waals surface area contributed by atoms with Gasteiger partial charge in [0.2, 0.25) is 0 Å². The van der Waals surface area contributed by atoms with E-state index in [1.807, 2.05) is 37.3 Å². The van der Waals surface area contributed by atoms with Gasteiger partial charge < -0.3 is 10.0 Å². The van der Waals surface area contributed by atoms with E-state index in [1.54, 1.807) is 22.0 Å². The topological polar surface area (TPSA) is 58.4 Å². The summed E-state index contributed by atoms with van der Waals surface area (Å²) >= 11 is 0. The molecule has 1 N–H and O–H groups in total. The molecule has 2 heterocycles. The maximum Gasteiger partial charge on any atom is 0.272 e. The second kappa shape index (κ2) is 5.33. The minimum Gasteiger partial charge on any atom is -0.390 e. The average molecular weight is 285 g/mol. The van der Waals surface area contributed by atoms with Crippen LogP contribution < -0.4 is 0 Å². The van der Waals surface area contributed by atoms with Crippen LogP contribution in [-0.2, 0) is 0 Å². The number of hydrogen-bond acceptors (Lipinski definition) is 3. The molecule has 0 saturated carbocycles. The Morgan fingerprint density at radius 3 is 2.57 bits per heavy atom. The molecule has 21 heavy (non-hydrogen) atoms. The van der Waals surface area contributed by atoms with Gasteiger partial charge in [0.25, 0.3) is 5.91 Å². The molecule has 0 unspecified atom stereocenters. The van der Waals surface area contributed by atoms with E-state index in [2.05, 4.69) is 4.98 Å². The summed E-state index contributed by atoms with van der Waals surface area (Å²) in [7, 11) is 0. The fourth-order valence-corrected chi connectivity index (χ4v) is 2.60. The molecule has 5 nitrogen and oxygen atoms in total. The molecule has 1 saturated heterocycles. The zero-order valence-corrected chi connectivity index (χ0v) is 12.1. The van der Waals surface area contributed by atoms with Crippen molar-refractivity contribution in [3.63, 3.8) is 0 Å². The van der Waals surface area contributed by atoms with Crippen molar-refractivity contribution < 1.29 is 9.90 Å². The van der Waals surface area contributed by atoms with Crippen molar-refractivity contribution in [3.05, 3.63) is 48.5 Å². The normalized spacial score (nSPS) is 17.7. The maximum atomic E-state index is 12.6. The van der Waals surface area contributed by atoms with Crippen LogP contribution in [0.2, 0.25) is 0 Å². The van der Waals surface area contributed by atoms with Gasteiger partial charge in [-0.3, -0.25) is 9.36 Å². The lowest BCUT2D eigenvalue weighted by molar-refractivity contribution is -0.00224. The summed E-state index contributed by atoms with van der Waals surface area (Å²) < 4.78 is 1.80. The fraction of sp³-hybridized carbons (Fsp3) is 0.375. The largest absolute Gasteiger partial charge is 0.390 e. The third-order valence-corrected chi connectivity index (χ3v) is 4.02. The van der Waals surface area contributed by atoms with Crippen molar-refractivity contribution >= 4 is 5.91 Å². The van der Waals surface area contributed by atoms with Gasteiger partial charge in [0.05, 0.1) is 18.1 Å². The van der Waals surface area contributed by atoms with Crippen LogP contribution in [-0.4, -0.2) is 44.2 Å². The quantitative estimate of drug-likeness (QED) is 0.916. The van der Waals surface area contributed by atoms with E-state index in [0.717, 1.165) is 5.69 Å². The SMILES string of the molecule is CC1(O)CCN(C(=O)c2cncn2-c2ccccc2)CC1. The first-order valence-electron chi connectivity index (χ1n) is 7.16. The van der Waals surface area contributed by atoms with Gasteiger partial charge in [-0.15, -0.1) is 0 Å². The minimum absolute atomic E-state index is 0.0353. The van der Waals surface area contributed by atoms with Gasteiger partial charge in [-0.05, 0) is 31.9 Å². The van der Waals surface area contributed by atoms with Crippen LogP contribution in [0.4, 0.5) is 0 Å². The molecule has 0 radical (unpaired) electrons. The number of benzene rings is 1. The molecule has 1 fully saturated rings. The highest BCUT2D eigenvalue weighted by molar-refractivity contribution is 5.93. The van der Waals surface area contributed by atoms with E-state index in [4.69, 9.17) is 0 Å². The summed E-state index contributed by atoms with van der Waals surface area (Å²) in [6, 6.07) is 9.69. The molecule has 0 aliphatic carbocycles. The molecule has 0 bridgehead atoms. The van der Waals surface area contributed by atoms with Crippen LogP contribution in [0.1, 0.15) is 30.3 Å². The van der Waals surface area contributed by atoms with E-state index in [9.17, 15) is 9.90 Å². The monoisotopic (exact) mass is 285 g/mol. The number of carbonyl (C=O) groups is 1. The Morgan fingerprint density at radius 1 is 1.24 bits per heavy atom. The average Bonchev–Trinajstić information content (AvgIpc) is 2.97. The number of para-hydroxylation sites is 1. The molecule has 5 heteroatoms. The number of rotatable bonds is 2. The number of hydrogen-bond donors (Lipinski definition) is 1. The van der Waals surface area contributed by atoms with Gasteiger partial charge in [0.15, 0.2) is 0 Å². The number of carbonyl (C=O) groups excluding carboxylic acids is 1. The number of piperidine rings is 1. The molecule has 1 amide bonds. The van der Waals surface area contributed by atoms with Gasteiger partial charge in [0.1, 0.15) is 5.69 Å². The van der Waals surface area contributed by atoms with Gasteiger partial charge in [-0.1, -0.05) is 18.2 Å². The summed E-state index contributed by atoms with van der Waals surface area (Å²) in [5, 5.41) is 9.98. The van der Waals surface area contributed by atoms with Gasteiger partial charge >= 0.3 is 0 Å². The predicted octanol–water partition coefficient (Wildman–Crippen LogP) is 1.86. The Kier molecular flexibility index (Phi) is 3.51. The van der Waals surface area contributed by atoms with Gasteiger partial charge in [-0.2, -0.15) is 0 Å². The molecule has 3 rings (SSSR count). The first kappa shape index (κ1) is 13.8. The summed E-state index contributed by atoms with van der Waals surface area (Å²) in [6.07, 6.45) is 4.47. The highest BCUT2D eigenvalue weighted by atomic mass is 16.3. The van der Waals surface area contributed by atoms with E-state index >= 15 is 0 Å². The van der Waals surface area contributed by atoms with E-state index in [1.165, 1.54) is 0 Å². The molecule has 0 spiro atoms. The highest BCUT2D eigenvalue weighted by Gasteiger charge is 2.31. The zero-order chi connectivity index (χ0) is 14.9. The number of likely N-dealkylation sites (tertiary alicyclic amines) is 1. The Morgan fingerprint density at radius 2 is 1.90 bits per heavy atom. The van der Waals surface area contributed by atoms with Crippen LogP contribution in [0.5, 0.6) is 0 Å². The van der Waals surface area contributed by atoms with Crippen LogP contribution >= 0.6 is 0 Å². The number of imidazole rings is 1. The maximum absolute atomic E-state index is 12.6. The van der Waals surface area contributed by atoms with Crippen molar-refractivity contribution in [2.45, 2.75) is 25.4 Å². The Hall–Kier alpha value is -2.14. The zero-order valence-electron chi connectivity index (χ0n) is 12.1. The number of aliphatic hydroxyl groups is 1. The van der Waals surface area contributed by atoms with Gasteiger partial charge in [0, 0.05) is 18.8 Å². The smallest absolute Gasteiger partial charge is 0.272 e. The van der Waals surface area contributed by atoms with Crippen molar-refractivity contribution in [1.29, 1.82) is 0 Å². The number of amides is 1. The summed E-state index contributed by atoms with van der Waals surface area (Å²) in [4.78, 5) is 18.5. The van der Waals surface area contributed by atoms with E-state index < -0.39 is 5.60 Å². The van der Waals surface area contributed by atoms with Crippen molar-refractivity contribution in [1.82, 2.24) is 14.5 Å². The lowest BCUT2D eigenvalue weighted by Crippen LogP contribution is -2.45. The molecule has 2 aromatic rings. The van der Waals surface area contributed by atoms with Crippen LogP contribution in [0, 0.1) is 0 Å². The van der Waals surface area contributed by atoms with E-state index in [-0.39, 0.29) is 5.91 Å². The Balaban J connectivity index is 1.82. The third-order valence-electron chi connectivity index (χ3n) is 4.02. The lowest BCUT2D eigenvalue weighted by Gasteiger charge is -2.35.